The van der Waals surface area contributed by atoms with Crippen molar-refractivity contribution < 1.29 is 14.3 Å². The summed E-state index contributed by atoms with van der Waals surface area (Å²) in [5.74, 6) is -0.273. The summed E-state index contributed by atoms with van der Waals surface area (Å²) in [6, 6.07) is -0.397. The molecule has 0 amide bonds. The second kappa shape index (κ2) is 6.08. The summed E-state index contributed by atoms with van der Waals surface area (Å²) in [6.07, 6.45) is 0.114. The van der Waals surface area contributed by atoms with Crippen LogP contribution in [-0.4, -0.2) is 37.4 Å². The third kappa shape index (κ3) is 7.33. The van der Waals surface area contributed by atoms with Crippen LogP contribution in [-0.2, 0) is 14.3 Å². The minimum absolute atomic E-state index is 0.114. The van der Waals surface area contributed by atoms with Gasteiger partial charge in [-0.25, -0.2) is 0 Å². The molecular weight excluding hydrogens is 194 g/mol. The quantitative estimate of drug-likeness (QED) is 0.706. The molecule has 4 heteroatoms. The Labute approximate surface area is 92.3 Å². The summed E-state index contributed by atoms with van der Waals surface area (Å²) in [6.45, 7) is 9.75. The lowest BCUT2D eigenvalue weighted by molar-refractivity contribution is -0.159. The van der Waals surface area contributed by atoms with E-state index in [1.807, 2.05) is 34.6 Å². The van der Waals surface area contributed by atoms with Gasteiger partial charge >= 0.3 is 5.97 Å². The summed E-state index contributed by atoms with van der Waals surface area (Å²) in [4.78, 5) is 11.6. The van der Waals surface area contributed by atoms with E-state index >= 15 is 0 Å². The molecule has 15 heavy (non-hydrogen) atoms. The highest BCUT2D eigenvalue weighted by Crippen LogP contribution is 2.08. The van der Waals surface area contributed by atoms with Crippen LogP contribution in [0.1, 0.15) is 34.6 Å². The van der Waals surface area contributed by atoms with Gasteiger partial charge in [-0.1, -0.05) is 0 Å². The molecule has 0 aliphatic heterocycles. The smallest absolute Gasteiger partial charge is 0.326 e. The lowest BCUT2D eigenvalue weighted by Crippen LogP contribution is -2.43. The normalized spacial score (nSPS) is 14.1. The summed E-state index contributed by atoms with van der Waals surface area (Å²) in [5.41, 5.74) is -0.454. The first-order valence-corrected chi connectivity index (χ1v) is 5.28. The van der Waals surface area contributed by atoms with E-state index in [1.54, 1.807) is 7.05 Å². The van der Waals surface area contributed by atoms with E-state index in [9.17, 15) is 4.79 Å². The van der Waals surface area contributed by atoms with Crippen LogP contribution in [0.25, 0.3) is 0 Å². The zero-order valence-electron chi connectivity index (χ0n) is 10.6. The van der Waals surface area contributed by atoms with Crippen molar-refractivity contribution in [3.8, 4) is 0 Å². The van der Waals surface area contributed by atoms with Gasteiger partial charge in [-0.2, -0.15) is 0 Å². The summed E-state index contributed by atoms with van der Waals surface area (Å²) in [7, 11) is 1.72. The van der Waals surface area contributed by atoms with Gasteiger partial charge < -0.3 is 14.8 Å². The molecule has 0 aromatic rings. The molecule has 0 bridgehead atoms. The Morgan fingerprint density at radius 1 is 1.33 bits per heavy atom. The molecule has 1 N–H and O–H groups in total. The molecule has 0 fully saturated rings. The van der Waals surface area contributed by atoms with Crippen LogP contribution in [0.3, 0.4) is 0 Å². The Kier molecular flexibility index (Phi) is 5.83. The van der Waals surface area contributed by atoms with Gasteiger partial charge in [0.1, 0.15) is 11.6 Å². The van der Waals surface area contributed by atoms with Crippen molar-refractivity contribution >= 4 is 5.97 Å². The van der Waals surface area contributed by atoms with Crippen LogP contribution in [0, 0.1) is 0 Å². The van der Waals surface area contributed by atoms with E-state index in [-0.39, 0.29) is 12.1 Å². The Hall–Kier alpha value is -0.610. The second-order valence-corrected chi connectivity index (χ2v) is 4.76. The molecule has 1 unspecified atom stereocenters. The lowest BCUT2D eigenvalue weighted by Gasteiger charge is -2.24. The van der Waals surface area contributed by atoms with Crippen LogP contribution in [0.4, 0.5) is 0 Å². The maximum absolute atomic E-state index is 11.6. The van der Waals surface area contributed by atoms with Crippen molar-refractivity contribution in [1.29, 1.82) is 0 Å². The van der Waals surface area contributed by atoms with E-state index in [2.05, 4.69) is 5.32 Å². The van der Waals surface area contributed by atoms with Gasteiger partial charge in [-0.15, -0.1) is 0 Å². The van der Waals surface area contributed by atoms with Crippen LogP contribution in [0.2, 0.25) is 0 Å². The number of nitrogens with one attached hydrogen (secondary N) is 1. The van der Waals surface area contributed by atoms with E-state index in [0.29, 0.717) is 6.61 Å². The van der Waals surface area contributed by atoms with E-state index < -0.39 is 11.6 Å². The number of hydrogen-bond donors (Lipinski definition) is 1. The first-order valence-electron chi connectivity index (χ1n) is 5.28. The fourth-order valence-corrected chi connectivity index (χ4v) is 0.931. The van der Waals surface area contributed by atoms with Crippen molar-refractivity contribution in [3.63, 3.8) is 0 Å². The van der Waals surface area contributed by atoms with Crippen LogP contribution in [0.5, 0.6) is 0 Å². The molecule has 0 aromatic carbocycles. The molecular formula is C11H23NO3. The largest absolute Gasteiger partial charge is 0.459 e. The van der Waals surface area contributed by atoms with Gasteiger partial charge in [0.15, 0.2) is 0 Å². The van der Waals surface area contributed by atoms with Gasteiger partial charge in [-0.3, -0.25) is 4.79 Å². The van der Waals surface area contributed by atoms with Crippen molar-refractivity contribution in [2.24, 2.45) is 0 Å². The first kappa shape index (κ1) is 14.4. The summed E-state index contributed by atoms with van der Waals surface area (Å²) >= 11 is 0. The summed E-state index contributed by atoms with van der Waals surface area (Å²) in [5, 5.41) is 2.88. The Morgan fingerprint density at radius 2 is 1.87 bits per heavy atom. The average Bonchev–Trinajstić information content (AvgIpc) is 2.01. The molecule has 0 rings (SSSR count). The van der Waals surface area contributed by atoms with E-state index in [1.165, 1.54) is 0 Å². The zero-order chi connectivity index (χ0) is 12.1. The molecule has 0 aliphatic rings. The molecule has 90 valence electrons. The number of carbonyl (C=O) groups is 1. The van der Waals surface area contributed by atoms with Crippen LogP contribution < -0.4 is 5.32 Å². The zero-order valence-corrected chi connectivity index (χ0v) is 10.6. The third-order valence-electron chi connectivity index (χ3n) is 1.64. The number of hydrogen-bond acceptors (Lipinski definition) is 4. The van der Waals surface area contributed by atoms with Gasteiger partial charge in [0, 0.05) is 0 Å². The van der Waals surface area contributed by atoms with Crippen LogP contribution >= 0.6 is 0 Å². The van der Waals surface area contributed by atoms with Crippen molar-refractivity contribution in [1.82, 2.24) is 5.32 Å². The van der Waals surface area contributed by atoms with E-state index in [0.717, 1.165) is 0 Å². The highest BCUT2D eigenvalue weighted by molar-refractivity contribution is 5.76. The average molecular weight is 217 g/mol. The molecule has 0 spiro atoms. The first-order chi connectivity index (χ1) is 6.76. The summed E-state index contributed by atoms with van der Waals surface area (Å²) < 4.78 is 10.6. The SMILES string of the molecule is CNC(COC(C)C)C(=O)OC(C)(C)C. The van der Waals surface area contributed by atoms with E-state index in [4.69, 9.17) is 9.47 Å². The predicted molar refractivity (Wildman–Crippen MR) is 59.8 cm³/mol. The second-order valence-electron chi connectivity index (χ2n) is 4.76. The predicted octanol–water partition coefficient (Wildman–Crippen LogP) is 1.34. The standard InChI is InChI=1S/C11H23NO3/c1-8(2)14-7-9(12-6)10(13)15-11(3,4)5/h8-9,12H,7H2,1-6H3. The molecule has 4 nitrogen and oxygen atoms in total. The molecule has 0 heterocycles. The molecule has 0 saturated carbocycles. The highest BCUT2D eigenvalue weighted by Gasteiger charge is 2.24. The van der Waals surface area contributed by atoms with Gasteiger partial charge in [0.05, 0.1) is 12.7 Å². The minimum atomic E-state index is -0.454. The highest BCUT2D eigenvalue weighted by atomic mass is 16.6. The Bertz CT molecular complexity index is 196. The van der Waals surface area contributed by atoms with Gasteiger partial charge in [-0.05, 0) is 41.7 Å². The van der Waals surface area contributed by atoms with Crippen molar-refractivity contribution in [3.05, 3.63) is 0 Å². The third-order valence-corrected chi connectivity index (χ3v) is 1.64. The topological polar surface area (TPSA) is 47.6 Å². The van der Waals surface area contributed by atoms with Crippen molar-refractivity contribution in [2.45, 2.75) is 52.4 Å². The maximum Gasteiger partial charge on any atom is 0.326 e. The molecule has 0 radical (unpaired) electrons. The molecule has 0 saturated heterocycles. The Balaban J connectivity index is 4.11. The minimum Gasteiger partial charge on any atom is -0.459 e. The maximum atomic E-state index is 11.6. The fraction of sp³-hybridized carbons (Fsp3) is 0.909. The number of likely N-dealkylation sites (N-methyl/N-ethyl adjacent to an activating group) is 1. The van der Waals surface area contributed by atoms with Gasteiger partial charge in [0.25, 0.3) is 0 Å². The lowest BCUT2D eigenvalue weighted by atomic mass is 10.2. The van der Waals surface area contributed by atoms with Crippen LogP contribution in [0.15, 0.2) is 0 Å². The number of esters is 1. The number of carbonyl (C=O) groups excluding carboxylic acids is 1. The van der Waals surface area contributed by atoms with Gasteiger partial charge in [0.2, 0.25) is 0 Å². The Morgan fingerprint density at radius 3 is 2.20 bits per heavy atom. The fourth-order valence-electron chi connectivity index (χ4n) is 0.931. The molecule has 0 aromatic heterocycles. The van der Waals surface area contributed by atoms with Crippen molar-refractivity contribution in [2.75, 3.05) is 13.7 Å². The molecule has 1 atom stereocenters. The number of ether oxygens (including phenoxy) is 2. The molecule has 0 aliphatic carbocycles. The monoisotopic (exact) mass is 217 g/mol. The number of rotatable bonds is 5.